The van der Waals surface area contributed by atoms with Crippen LogP contribution in [0, 0.1) is 11.8 Å². The van der Waals surface area contributed by atoms with Gasteiger partial charge in [-0.2, -0.15) is 0 Å². The first-order chi connectivity index (χ1) is 37.7. The van der Waals surface area contributed by atoms with Crippen LogP contribution in [0.15, 0.2) is 279 Å². The van der Waals surface area contributed by atoms with Crippen LogP contribution < -0.4 is 9.80 Å². The van der Waals surface area contributed by atoms with Crippen molar-refractivity contribution >= 4 is 34.1 Å². The highest BCUT2D eigenvalue weighted by Gasteiger charge is 2.62. The molecule has 0 aromatic heterocycles. The molecule has 2 heteroatoms. The van der Waals surface area contributed by atoms with Crippen LogP contribution in [0.5, 0.6) is 0 Å². The molecule has 0 N–H and O–H groups in total. The quantitative estimate of drug-likeness (QED) is 0.135. The Kier molecular flexibility index (Phi) is 10.5. The first kappa shape index (κ1) is 44.5. The standard InChI is InChI=1S/C74H56N2/c1-7-24-51(25-8-1)62-39-23-40-63(52-26-9-2-10-27-52)72(62)76(60-36-17-6-18-37-60)69-43-22-29-54-49-58-45-44-57-48-53-28-21-42-68(70(53)74(57,58)71(54)69)75(59-34-15-5-16-35-59)61-46-47-65-64-38-19-20-41-66(64)73(67(65)50-61,55-30-11-3-12-31-55)56-32-13-4-14-33-56/h1-43,46-47,50,57-58H,44-45,48-49H2. The summed E-state index contributed by atoms with van der Waals surface area (Å²) in [5.74, 6) is 0.894. The fourth-order valence-electron chi connectivity index (χ4n) is 15.1. The number of fused-ring (bicyclic) bond motifs is 5. The summed E-state index contributed by atoms with van der Waals surface area (Å²) in [5, 5.41) is 0. The summed E-state index contributed by atoms with van der Waals surface area (Å²) in [5.41, 5.74) is 25.0. The third-order valence-corrected chi connectivity index (χ3v) is 17.8. The molecule has 2 nitrogen and oxygen atoms in total. The molecular weight excluding hydrogens is 917 g/mol. The van der Waals surface area contributed by atoms with Gasteiger partial charge in [-0.25, -0.2) is 0 Å². The second-order valence-electron chi connectivity index (χ2n) is 21.4. The molecule has 362 valence electrons. The van der Waals surface area contributed by atoms with Crippen molar-refractivity contribution in [3.05, 3.63) is 324 Å². The van der Waals surface area contributed by atoms with E-state index in [1.54, 1.807) is 0 Å². The second-order valence-corrected chi connectivity index (χ2v) is 21.4. The maximum absolute atomic E-state index is 2.65. The Morgan fingerprint density at radius 1 is 0.316 bits per heavy atom. The summed E-state index contributed by atoms with van der Waals surface area (Å²) in [4.78, 5) is 5.28. The molecule has 4 aliphatic carbocycles. The monoisotopic (exact) mass is 972 g/mol. The first-order valence-corrected chi connectivity index (χ1v) is 27.3. The van der Waals surface area contributed by atoms with Gasteiger partial charge in [0.1, 0.15) is 0 Å². The summed E-state index contributed by atoms with van der Waals surface area (Å²) >= 11 is 0. The van der Waals surface area contributed by atoms with Gasteiger partial charge in [0.05, 0.1) is 22.5 Å². The number of hydrogen-bond donors (Lipinski definition) is 0. The fourth-order valence-corrected chi connectivity index (χ4v) is 15.1. The highest BCUT2D eigenvalue weighted by atomic mass is 15.2. The largest absolute Gasteiger partial charge is 0.310 e. The molecular formula is C74H56N2. The predicted octanol–water partition coefficient (Wildman–Crippen LogP) is 18.7. The van der Waals surface area contributed by atoms with Crippen LogP contribution in [0.4, 0.5) is 34.1 Å². The molecule has 76 heavy (non-hydrogen) atoms. The second kappa shape index (κ2) is 17.9. The van der Waals surface area contributed by atoms with Crippen LogP contribution >= 0.6 is 0 Å². The molecule has 0 amide bonds. The number of rotatable bonds is 10. The van der Waals surface area contributed by atoms with Crippen LogP contribution in [-0.4, -0.2) is 0 Å². The van der Waals surface area contributed by atoms with Crippen LogP contribution in [0.25, 0.3) is 33.4 Å². The van der Waals surface area contributed by atoms with Gasteiger partial charge in [-0.3, -0.25) is 0 Å². The Hall–Kier alpha value is -8.98. The third kappa shape index (κ3) is 6.53. The lowest BCUT2D eigenvalue weighted by Gasteiger charge is -2.41. The van der Waals surface area contributed by atoms with E-state index in [9.17, 15) is 0 Å². The molecule has 3 atom stereocenters. The molecule has 0 bridgehead atoms. The number of para-hydroxylation sites is 3. The maximum atomic E-state index is 2.65. The van der Waals surface area contributed by atoms with Gasteiger partial charge in [-0.15, -0.1) is 0 Å². The SMILES string of the molecule is c1ccc(-c2cccc(-c3ccccc3)c2N(c2ccccc2)c2cccc3c2C24c5c(cccc5N(c5ccccc5)c5ccc6c(c5)C(c5ccccc5)(c5ccccc5)c5ccccc5-6)CC2CCC4C3)cc1. The van der Waals surface area contributed by atoms with Crippen molar-refractivity contribution in [1.29, 1.82) is 0 Å². The maximum Gasteiger partial charge on any atom is 0.0714 e. The zero-order valence-corrected chi connectivity index (χ0v) is 42.4. The van der Waals surface area contributed by atoms with Crippen molar-refractivity contribution in [2.24, 2.45) is 11.8 Å². The Bertz CT molecular complexity index is 3840. The van der Waals surface area contributed by atoms with E-state index in [0.717, 1.165) is 24.2 Å². The van der Waals surface area contributed by atoms with E-state index in [4.69, 9.17) is 0 Å². The molecule has 0 radical (unpaired) electrons. The number of anilines is 6. The van der Waals surface area contributed by atoms with Gasteiger partial charge in [0.25, 0.3) is 0 Å². The number of benzene rings is 11. The van der Waals surface area contributed by atoms with E-state index in [1.165, 1.54) is 113 Å². The molecule has 4 aliphatic rings. The normalized spacial score (nSPS) is 17.9. The van der Waals surface area contributed by atoms with Gasteiger partial charge in [-0.1, -0.05) is 231 Å². The molecule has 3 unspecified atom stereocenters. The van der Waals surface area contributed by atoms with Crippen LogP contribution in [0.3, 0.4) is 0 Å². The van der Waals surface area contributed by atoms with Crippen molar-refractivity contribution in [2.75, 3.05) is 9.80 Å². The first-order valence-electron chi connectivity index (χ1n) is 27.3. The van der Waals surface area contributed by atoms with E-state index in [1.807, 2.05) is 0 Å². The van der Waals surface area contributed by atoms with E-state index in [0.29, 0.717) is 11.8 Å². The fraction of sp³-hybridized carbons (Fsp3) is 0.108. The number of nitrogens with zero attached hydrogens (tertiary/aromatic N) is 2. The van der Waals surface area contributed by atoms with Gasteiger partial charge in [-0.05, 0) is 153 Å². The molecule has 11 aromatic carbocycles. The minimum Gasteiger partial charge on any atom is -0.310 e. The zero-order valence-electron chi connectivity index (χ0n) is 42.4. The average Bonchev–Trinajstić information content (AvgIpc) is 4.41. The molecule has 0 saturated heterocycles. The van der Waals surface area contributed by atoms with Crippen LogP contribution in [-0.2, 0) is 23.7 Å². The molecule has 15 rings (SSSR count). The van der Waals surface area contributed by atoms with Crippen molar-refractivity contribution in [3.63, 3.8) is 0 Å². The molecule has 0 heterocycles. The summed E-state index contributed by atoms with van der Waals surface area (Å²) in [6.45, 7) is 0. The molecule has 1 spiro atoms. The van der Waals surface area contributed by atoms with Crippen molar-refractivity contribution < 1.29 is 0 Å². The van der Waals surface area contributed by atoms with Gasteiger partial charge >= 0.3 is 0 Å². The Morgan fingerprint density at radius 3 is 1.28 bits per heavy atom. The average molecular weight is 973 g/mol. The van der Waals surface area contributed by atoms with E-state index in [-0.39, 0.29) is 5.41 Å². The zero-order chi connectivity index (χ0) is 50.2. The highest BCUT2D eigenvalue weighted by Crippen LogP contribution is 2.69. The van der Waals surface area contributed by atoms with Crippen molar-refractivity contribution in [2.45, 2.75) is 36.5 Å². The summed E-state index contributed by atoms with van der Waals surface area (Å²) in [6.07, 6.45) is 4.52. The summed E-state index contributed by atoms with van der Waals surface area (Å²) < 4.78 is 0. The highest BCUT2D eigenvalue weighted by molar-refractivity contribution is 5.99. The van der Waals surface area contributed by atoms with E-state index >= 15 is 0 Å². The van der Waals surface area contributed by atoms with Gasteiger partial charge in [0.15, 0.2) is 0 Å². The molecule has 0 aliphatic heterocycles. The van der Waals surface area contributed by atoms with Crippen LogP contribution in [0.1, 0.15) is 57.3 Å². The molecule has 1 saturated carbocycles. The lowest BCUT2D eigenvalue weighted by molar-refractivity contribution is 0.350. The van der Waals surface area contributed by atoms with Crippen LogP contribution in [0.2, 0.25) is 0 Å². The van der Waals surface area contributed by atoms with Gasteiger partial charge < -0.3 is 9.80 Å². The lowest BCUT2D eigenvalue weighted by Crippen LogP contribution is -2.35. The predicted molar refractivity (Wildman–Crippen MR) is 315 cm³/mol. The lowest BCUT2D eigenvalue weighted by atomic mass is 9.67. The van der Waals surface area contributed by atoms with Crippen molar-refractivity contribution in [1.82, 2.24) is 0 Å². The van der Waals surface area contributed by atoms with E-state index in [2.05, 4.69) is 289 Å². The Morgan fingerprint density at radius 2 is 0.737 bits per heavy atom. The Balaban J connectivity index is 0.990. The van der Waals surface area contributed by atoms with E-state index < -0.39 is 5.41 Å². The summed E-state index contributed by atoms with van der Waals surface area (Å²) in [6, 6.07) is 105. The molecule has 11 aromatic rings. The van der Waals surface area contributed by atoms with Gasteiger partial charge in [0, 0.05) is 33.6 Å². The molecule has 1 fully saturated rings. The van der Waals surface area contributed by atoms with Crippen molar-refractivity contribution in [3.8, 4) is 33.4 Å². The number of hydrogen-bond acceptors (Lipinski definition) is 2. The minimum atomic E-state index is -0.527. The smallest absolute Gasteiger partial charge is 0.0714 e. The van der Waals surface area contributed by atoms with Gasteiger partial charge in [0.2, 0.25) is 0 Å². The topological polar surface area (TPSA) is 6.48 Å². The summed E-state index contributed by atoms with van der Waals surface area (Å²) in [7, 11) is 0. The third-order valence-electron chi connectivity index (χ3n) is 17.8. The Labute approximate surface area is 446 Å². The minimum absolute atomic E-state index is 0.239.